The van der Waals surface area contributed by atoms with E-state index in [0.29, 0.717) is 63.0 Å². The summed E-state index contributed by atoms with van der Waals surface area (Å²) in [6.45, 7) is 7.27. The highest BCUT2D eigenvalue weighted by atomic mass is 31.2. The molecule has 3 N–H and O–H groups in total. The van der Waals surface area contributed by atoms with Crippen LogP contribution in [0.5, 0.6) is 0 Å². The number of anilines is 5. The summed E-state index contributed by atoms with van der Waals surface area (Å²) in [6.07, 6.45) is -3.45. The number of amides is 1. The van der Waals surface area contributed by atoms with Crippen molar-refractivity contribution < 1.29 is 36.9 Å². The molecule has 3 aromatic rings. The lowest BCUT2D eigenvalue weighted by Crippen LogP contribution is -2.48. The number of nitrogens with one attached hydrogen (secondary N) is 2. The summed E-state index contributed by atoms with van der Waals surface area (Å²) in [6, 6.07) is 10.7. The number of nitrogens with zero attached hydrogens (tertiary/aromatic N) is 5. The fourth-order valence-electron chi connectivity index (χ4n) is 5.54. The van der Waals surface area contributed by atoms with E-state index in [1.165, 1.54) is 4.90 Å². The molecule has 0 unspecified atom stereocenters. The van der Waals surface area contributed by atoms with Crippen molar-refractivity contribution in [3.05, 3.63) is 64.8 Å². The lowest BCUT2D eigenvalue weighted by Gasteiger charge is -2.36. The van der Waals surface area contributed by atoms with E-state index in [1.807, 2.05) is 30.9 Å². The topological polar surface area (TPSA) is 132 Å². The van der Waals surface area contributed by atoms with E-state index in [9.17, 15) is 22.8 Å². The monoisotopic (exact) mass is 675 g/mol. The fourth-order valence-corrected chi connectivity index (χ4v) is 6.88. The molecular weight excluding hydrogens is 638 g/mol. The van der Waals surface area contributed by atoms with Gasteiger partial charge in [0.1, 0.15) is 11.4 Å². The molecule has 1 saturated heterocycles. The first-order valence-corrected chi connectivity index (χ1v) is 16.5. The zero-order valence-electron chi connectivity index (χ0n) is 26.3. The molecule has 5 rings (SSSR count). The van der Waals surface area contributed by atoms with Crippen molar-refractivity contribution in [2.24, 2.45) is 0 Å². The lowest BCUT2D eigenvalue weighted by atomic mass is 10.0. The summed E-state index contributed by atoms with van der Waals surface area (Å²) in [5.41, 5.74) is 2.42. The lowest BCUT2D eigenvalue weighted by molar-refractivity contribution is -0.138. The van der Waals surface area contributed by atoms with Crippen molar-refractivity contribution in [3.63, 3.8) is 0 Å². The van der Waals surface area contributed by atoms with Gasteiger partial charge in [-0.2, -0.15) is 18.2 Å². The van der Waals surface area contributed by atoms with Crippen molar-refractivity contribution in [1.29, 1.82) is 0 Å². The number of benzene rings is 2. The Labute approximate surface area is 271 Å². The number of halogens is 3. The first-order valence-electron chi connectivity index (χ1n) is 15.2. The minimum absolute atomic E-state index is 0.0529. The number of aromatic nitrogens is 2. The molecule has 0 spiro atoms. The van der Waals surface area contributed by atoms with Crippen LogP contribution in [0.4, 0.5) is 42.0 Å². The largest absolute Gasteiger partial charge is 0.480 e. The Morgan fingerprint density at radius 1 is 1.02 bits per heavy atom. The molecule has 0 radical (unpaired) electrons. The Bertz CT molecular complexity index is 1580. The van der Waals surface area contributed by atoms with Crippen LogP contribution in [0.15, 0.2) is 42.6 Å². The van der Waals surface area contributed by atoms with E-state index in [1.54, 1.807) is 31.3 Å². The molecule has 47 heavy (non-hydrogen) atoms. The molecule has 0 atom stereocenters. The van der Waals surface area contributed by atoms with Crippen molar-refractivity contribution in [2.75, 3.05) is 68.5 Å². The van der Waals surface area contributed by atoms with Crippen LogP contribution in [0, 0.1) is 0 Å². The first-order chi connectivity index (χ1) is 22.5. The van der Waals surface area contributed by atoms with Gasteiger partial charge in [-0.1, -0.05) is 12.1 Å². The normalized spacial score (nSPS) is 15.3. The molecule has 252 valence electrons. The first kappa shape index (κ1) is 34.3. The number of hydrogen-bond donors (Lipinski definition) is 3. The second kappa shape index (κ2) is 14.8. The van der Waals surface area contributed by atoms with Crippen molar-refractivity contribution in [1.82, 2.24) is 19.8 Å². The predicted octanol–water partition coefficient (Wildman–Crippen LogP) is 5.66. The van der Waals surface area contributed by atoms with Crippen molar-refractivity contribution in [3.8, 4) is 0 Å². The molecule has 1 aromatic heterocycles. The van der Waals surface area contributed by atoms with Crippen LogP contribution in [0.3, 0.4) is 0 Å². The molecule has 2 aliphatic heterocycles. The summed E-state index contributed by atoms with van der Waals surface area (Å²) in [5.74, 6) is -1.78. The van der Waals surface area contributed by atoms with E-state index < -0.39 is 31.9 Å². The number of hydrogen-bond acceptors (Lipinski definition) is 10. The van der Waals surface area contributed by atoms with E-state index in [4.69, 9.17) is 14.2 Å². The average Bonchev–Trinajstić information content (AvgIpc) is 3.32. The van der Waals surface area contributed by atoms with E-state index in [-0.39, 0.29) is 36.2 Å². The van der Waals surface area contributed by atoms with Gasteiger partial charge in [-0.05, 0) is 43.7 Å². The van der Waals surface area contributed by atoms with Crippen molar-refractivity contribution >= 4 is 49.1 Å². The van der Waals surface area contributed by atoms with Gasteiger partial charge in [-0.25, -0.2) is 4.98 Å². The van der Waals surface area contributed by atoms with Gasteiger partial charge >= 0.3 is 12.1 Å². The number of aliphatic carboxylic acids is 1. The Morgan fingerprint density at radius 2 is 1.70 bits per heavy atom. The smallest absolute Gasteiger partial charge is 0.421 e. The second-order valence-corrected chi connectivity index (χ2v) is 12.5. The maximum Gasteiger partial charge on any atom is 0.421 e. The zero-order chi connectivity index (χ0) is 33.7. The second-order valence-electron chi connectivity index (χ2n) is 11.0. The number of carboxylic acid groups (broad SMARTS) is 1. The number of fused-ring (bicyclic) bond motifs is 1. The van der Waals surface area contributed by atoms with Gasteiger partial charge in [0.15, 0.2) is 8.38 Å². The molecule has 0 bridgehead atoms. The molecule has 0 saturated carbocycles. The Balaban J connectivity index is 1.39. The average molecular weight is 676 g/mol. The van der Waals surface area contributed by atoms with Crippen LogP contribution >= 0.6 is 8.38 Å². The highest BCUT2D eigenvalue weighted by Crippen LogP contribution is 2.43. The standard InChI is InChI=1S/C31H37F3N7O5P/c1-4-45-47(46-5-2)19-20-6-8-21(9-7-20)36-30-35-16-23(31(32,33)34)28(38-30)37-24-10-11-25(22-17-39(3)29(44)27(22)24)41-14-12-40(13-15-41)18-26(42)43/h6-11,16H,4-5,12-15,17-19H2,1-3H3,(H,42,43)(H2,35,36,37,38). The molecule has 3 heterocycles. The number of carboxylic acids is 1. The molecule has 2 aliphatic rings. The van der Waals surface area contributed by atoms with Crippen LogP contribution in [0.1, 0.15) is 40.9 Å². The van der Waals surface area contributed by atoms with Crippen LogP contribution in [0.25, 0.3) is 0 Å². The molecule has 12 nitrogen and oxygen atoms in total. The van der Waals surface area contributed by atoms with Gasteiger partial charge in [-0.3, -0.25) is 14.5 Å². The SMILES string of the molecule is CCOP(Cc1ccc(Nc2ncc(C(F)(F)F)c(Nc3ccc(N4CCN(CC(=O)O)CC4)c4c3C(=O)N(C)C4)n2)cc1)OCC. The number of carbonyl (C=O) groups excluding carboxylic acids is 1. The summed E-state index contributed by atoms with van der Waals surface area (Å²) < 4.78 is 53.7. The molecule has 1 fully saturated rings. The predicted molar refractivity (Wildman–Crippen MR) is 172 cm³/mol. The van der Waals surface area contributed by atoms with Gasteiger partial charge in [-0.15, -0.1) is 0 Å². The summed E-state index contributed by atoms with van der Waals surface area (Å²) in [7, 11) is 0.565. The Hall–Kier alpha value is -4.04. The maximum absolute atomic E-state index is 14.1. The van der Waals surface area contributed by atoms with Gasteiger partial charge < -0.3 is 34.6 Å². The van der Waals surface area contributed by atoms with Gasteiger partial charge in [0.25, 0.3) is 5.91 Å². The van der Waals surface area contributed by atoms with Crippen LogP contribution < -0.4 is 15.5 Å². The summed E-state index contributed by atoms with van der Waals surface area (Å²) >= 11 is 0. The minimum Gasteiger partial charge on any atom is -0.480 e. The molecule has 2 aromatic carbocycles. The third-order valence-corrected chi connectivity index (χ3v) is 9.45. The summed E-state index contributed by atoms with van der Waals surface area (Å²) in [4.78, 5) is 37.9. The highest BCUT2D eigenvalue weighted by molar-refractivity contribution is 7.46. The quantitative estimate of drug-likeness (QED) is 0.194. The number of alkyl halides is 3. The molecular formula is C31H37F3N7O5P. The highest BCUT2D eigenvalue weighted by Gasteiger charge is 2.37. The van der Waals surface area contributed by atoms with Crippen molar-refractivity contribution in [2.45, 2.75) is 32.7 Å². The van der Waals surface area contributed by atoms with Crippen LogP contribution in [-0.4, -0.2) is 89.7 Å². The molecule has 0 aliphatic carbocycles. The minimum atomic E-state index is -4.76. The van der Waals surface area contributed by atoms with E-state index in [2.05, 4.69) is 25.5 Å². The number of carbonyl (C=O) groups is 2. The molecule has 16 heteroatoms. The summed E-state index contributed by atoms with van der Waals surface area (Å²) in [5, 5.41) is 14.9. The van der Waals surface area contributed by atoms with Gasteiger partial charge in [0, 0.05) is 69.1 Å². The third-order valence-electron chi connectivity index (χ3n) is 7.73. The maximum atomic E-state index is 14.1. The number of rotatable bonds is 13. The fraction of sp³-hybridized carbons (Fsp3) is 0.419. The van der Waals surface area contributed by atoms with Crippen LogP contribution in [-0.2, 0) is 32.7 Å². The Kier molecular flexibility index (Phi) is 10.8. The third kappa shape index (κ3) is 8.28. The van der Waals surface area contributed by atoms with Crippen LogP contribution in [0.2, 0.25) is 0 Å². The van der Waals surface area contributed by atoms with E-state index >= 15 is 0 Å². The molecule has 1 amide bonds. The Morgan fingerprint density at radius 3 is 2.32 bits per heavy atom. The van der Waals surface area contributed by atoms with Gasteiger partial charge in [0.05, 0.1) is 31.0 Å². The zero-order valence-corrected chi connectivity index (χ0v) is 27.2. The van der Waals surface area contributed by atoms with Gasteiger partial charge in [0.2, 0.25) is 5.95 Å². The number of piperazine rings is 1. The van der Waals surface area contributed by atoms with E-state index in [0.717, 1.165) is 11.3 Å².